The first kappa shape index (κ1) is 17.7. The Hall–Kier alpha value is 1.32. The van der Waals surface area contributed by atoms with E-state index in [1.54, 1.807) is 0 Å². The summed E-state index contributed by atoms with van der Waals surface area (Å²) in [5, 5.41) is 19.2. The van der Waals surface area contributed by atoms with Gasteiger partial charge < -0.3 is 10.2 Å². The average molecular weight is 355 g/mol. The van der Waals surface area contributed by atoms with E-state index in [1.807, 2.05) is 47.0 Å². The molecule has 2 rings (SSSR count). The van der Waals surface area contributed by atoms with Crippen molar-refractivity contribution in [2.24, 2.45) is 0 Å². The third-order valence-corrected chi connectivity index (χ3v) is 10.5. The van der Waals surface area contributed by atoms with Crippen LogP contribution in [0.4, 0.5) is 0 Å². The van der Waals surface area contributed by atoms with Gasteiger partial charge in [-0.25, -0.2) is 0 Å². The lowest BCUT2D eigenvalue weighted by atomic mass is 10.1. The van der Waals surface area contributed by atoms with E-state index in [2.05, 4.69) is 0 Å². The monoisotopic (exact) mass is 354 g/mol. The Bertz CT molecular complexity index is 242. The summed E-state index contributed by atoms with van der Waals surface area (Å²) in [5.41, 5.74) is 0. The predicted octanol–water partition coefficient (Wildman–Crippen LogP) is 3.66. The van der Waals surface area contributed by atoms with Gasteiger partial charge in [-0.3, -0.25) is 0 Å². The summed E-state index contributed by atoms with van der Waals surface area (Å²) in [7, 11) is 0. The fourth-order valence-electron chi connectivity index (χ4n) is 2.49. The highest BCUT2D eigenvalue weighted by Gasteiger charge is 2.25. The minimum Gasteiger partial charge on any atom is -0.395 e. The van der Waals surface area contributed by atoms with Crippen molar-refractivity contribution in [2.75, 3.05) is 24.7 Å². The van der Waals surface area contributed by atoms with Crippen LogP contribution in [-0.4, -0.2) is 54.6 Å². The zero-order valence-electron chi connectivity index (χ0n) is 11.9. The fraction of sp³-hybridized carbons (Fsp3) is 1.00. The van der Waals surface area contributed by atoms with Gasteiger partial charge in [-0.1, -0.05) is 25.7 Å². The van der Waals surface area contributed by atoms with Gasteiger partial charge in [0.05, 0.1) is 22.4 Å². The molecule has 0 aromatic rings. The molecular formula is C14H26O2S4. The van der Waals surface area contributed by atoms with Crippen molar-refractivity contribution >= 4 is 47.0 Å². The van der Waals surface area contributed by atoms with Crippen LogP contribution in [0.3, 0.4) is 0 Å². The van der Waals surface area contributed by atoms with Gasteiger partial charge in [0.1, 0.15) is 0 Å². The van der Waals surface area contributed by atoms with Crippen molar-refractivity contribution in [1.82, 2.24) is 0 Å². The number of rotatable bonds is 9. The lowest BCUT2D eigenvalue weighted by Gasteiger charge is -2.10. The Kier molecular flexibility index (Phi) is 8.98. The van der Waals surface area contributed by atoms with Gasteiger partial charge >= 0.3 is 0 Å². The van der Waals surface area contributed by atoms with Crippen LogP contribution in [0.1, 0.15) is 38.5 Å². The molecule has 0 radical (unpaired) electrons. The van der Waals surface area contributed by atoms with Crippen LogP contribution in [0.5, 0.6) is 0 Å². The molecule has 118 valence electrons. The maximum absolute atomic E-state index is 9.11. The zero-order chi connectivity index (χ0) is 14.2. The number of thioether (sulfide) groups is 4. The molecule has 0 aromatic heterocycles. The Morgan fingerprint density at radius 2 is 1.15 bits per heavy atom. The second-order valence-corrected chi connectivity index (χ2v) is 11.5. The van der Waals surface area contributed by atoms with Crippen LogP contribution in [0.25, 0.3) is 0 Å². The molecule has 0 spiro atoms. The van der Waals surface area contributed by atoms with E-state index in [9.17, 15) is 0 Å². The minimum atomic E-state index is 0.347. The van der Waals surface area contributed by atoms with Crippen molar-refractivity contribution in [2.45, 2.75) is 58.2 Å². The molecule has 4 unspecified atom stereocenters. The Morgan fingerprint density at radius 3 is 1.50 bits per heavy atom. The van der Waals surface area contributed by atoms with Crippen molar-refractivity contribution in [1.29, 1.82) is 0 Å². The number of unbranched alkanes of at least 4 members (excludes halogenated alkanes) is 3. The number of aliphatic hydroxyl groups excluding tert-OH is 2. The maximum atomic E-state index is 9.11. The third kappa shape index (κ3) is 6.21. The van der Waals surface area contributed by atoms with E-state index in [4.69, 9.17) is 10.2 Å². The highest BCUT2D eigenvalue weighted by atomic mass is 32.2. The highest BCUT2D eigenvalue weighted by Crippen LogP contribution is 2.41. The van der Waals surface area contributed by atoms with E-state index in [0.717, 1.165) is 20.7 Å². The number of hydrogen-bond donors (Lipinski definition) is 2. The first-order chi connectivity index (χ1) is 9.81. The molecule has 0 amide bonds. The smallest absolute Gasteiger partial charge is 0.0558 e. The van der Waals surface area contributed by atoms with E-state index in [0.29, 0.717) is 23.7 Å². The Labute approximate surface area is 140 Å². The summed E-state index contributed by atoms with van der Waals surface area (Å²) in [6.07, 6.45) is 8.01. The number of hydrogen-bond acceptors (Lipinski definition) is 6. The van der Waals surface area contributed by atoms with Crippen molar-refractivity contribution < 1.29 is 10.2 Å². The first-order valence-electron chi connectivity index (χ1n) is 7.57. The summed E-state index contributed by atoms with van der Waals surface area (Å²) in [4.78, 5) is 0. The highest BCUT2D eigenvalue weighted by molar-refractivity contribution is 8.20. The molecule has 0 bridgehead atoms. The van der Waals surface area contributed by atoms with Gasteiger partial charge in [-0.05, 0) is 12.8 Å². The van der Waals surface area contributed by atoms with Crippen LogP contribution >= 0.6 is 47.0 Å². The van der Waals surface area contributed by atoms with Crippen molar-refractivity contribution in [3.63, 3.8) is 0 Å². The molecule has 6 heteroatoms. The molecule has 2 fully saturated rings. The summed E-state index contributed by atoms with van der Waals surface area (Å²) in [6.45, 7) is 0.694. The van der Waals surface area contributed by atoms with E-state index in [1.165, 1.54) is 38.5 Å². The van der Waals surface area contributed by atoms with Gasteiger partial charge in [0.2, 0.25) is 0 Å². The second-order valence-electron chi connectivity index (χ2n) is 5.40. The van der Waals surface area contributed by atoms with Crippen molar-refractivity contribution in [3.05, 3.63) is 0 Å². The molecule has 0 aromatic carbocycles. The molecule has 2 saturated heterocycles. The molecule has 2 nitrogen and oxygen atoms in total. The summed E-state index contributed by atoms with van der Waals surface area (Å²) in [6, 6.07) is 0. The molecule has 4 atom stereocenters. The van der Waals surface area contributed by atoms with Gasteiger partial charge in [-0.15, -0.1) is 47.0 Å². The molecule has 20 heavy (non-hydrogen) atoms. The fourth-order valence-corrected chi connectivity index (χ4v) is 9.00. The molecule has 2 aliphatic heterocycles. The Morgan fingerprint density at radius 1 is 0.700 bits per heavy atom. The van der Waals surface area contributed by atoms with E-state index < -0.39 is 0 Å². The van der Waals surface area contributed by atoms with Gasteiger partial charge in [0, 0.05) is 22.0 Å². The van der Waals surface area contributed by atoms with E-state index in [-0.39, 0.29) is 0 Å². The summed E-state index contributed by atoms with van der Waals surface area (Å²) < 4.78 is 1.47. The molecule has 2 N–H and O–H groups in total. The molecule has 2 aliphatic rings. The summed E-state index contributed by atoms with van der Waals surface area (Å²) >= 11 is 8.03. The zero-order valence-corrected chi connectivity index (χ0v) is 15.2. The number of aliphatic hydroxyl groups is 2. The third-order valence-electron chi connectivity index (χ3n) is 3.66. The normalized spacial score (nSPS) is 33.9. The lowest BCUT2D eigenvalue weighted by Crippen LogP contribution is -2.06. The molecule has 0 saturated carbocycles. The quantitative estimate of drug-likeness (QED) is 0.616. The minimum absolute atomic E-state index is 0.347. The standard InChI is InChI=1S/C14H26O2S4/c15-7-11-9-17-13(19-11)5-3-1-2-4-6-14-18-10-12(8-16)20-14/h11-16H,1-10H2. The van der Waals surface area contributed by atoms with Gasteiger partial charge in [-0.2, -0.15) is 0 Å². The van der Waals surface area contributed by atoms with Gasteiger partial charge in [0.15, 0.2) is 0 Å². The lowest BCUT2D eigenvalue weighted by molar-refractivity contribution is 0.301. The SMILES string of the molecule is OCC1CSC(CCCCCCC2SCC(CO)S2)S1. The maximum Gasteiger partial charge on any atom is 0.0558 e. The largest absolute Gasteiger partial charge is 0.395 e. The Balaban J connectivity index is 1.41. The second kappa shape index (κ2) is 10.2. The first-order valence-corrected chi connectivity index (χ1v) is 11.6. The molecular weight excluding hydrogens is 328 g/mol. The van der Waals surface area contributed by atoms with Crippen LogP contribution in [0, 0.1) is 0 Å². The van der Waals surface area contributed by atoms with Crippen LogP contribution in [0.15, 0.2) is 0 Å². The molecule has 0 aliphatic carbocycles. The average Bonchev–Trinajstić information content (AvgIpc) is 3.11. The predicted molar refractivity (Wildman–Crippen MR) is 97.1 cm³/mol. The summed E-state index contributed by atoms with van der Waals surface area (Å²) in [5.74, 6) is 2.27. The van der Waals surface area contributed by atoms with Crippen LogP contribution in [0.2, 0.25) is 0 Å². The van der Waals surface area contributed by atoms with Crippen LogP contribution < -0.4 is 0 Å². The van der Waals surface area contributed by atoms with E-state index >= 15 is 0 Å². The molecule has 2 heterocycles. The topological polar surface area (TPSA) is 40.5 Å². The van der Waals surface area contributed by atoms with Gasteiger partial charge in [0.25, 0.3) is 0 Å². The van der Waals surface area contributed by atoms with Crippen molar-refractivity contribution in [3.8, 4) is 0 Å². The van der Waals surface area contributed by atoms with Crippen LogP contribution in [-0.2, 0) is 0 Å².